The Kier molecular flexibility index (Phi) is 7.54. The van der Waals surface area contributed by atoms with Crippen LogP contribution in [-0.2, 0) is 11.2 Å². The van der Waals surface area contributed by atoms with Crippen LogP contribution in [0.15, 0.2) is 24.3 Å². The Labute approximate surface area is 132 Å². The second-order valence-electron chi connectivity index (χ2n) is 5.63. The van der Waals surface area contributed by atoms with E-state index in [1.807, 2.05) is 24.3 Å². The molecule has 3 N–H and O–H groups in total. The molecule has 1 aliphatic rings. The largest absolute Gasteiger partial charge is 0.497 e. The van der Waals surface area contributed by atoms with Gasteiger partial charge < -0.3 is 15.8 Å². The summed E-state index contributed by atoms with van der Waals surface area (Å²) in [6.45, 7) is 0.747. The first-order valence-electron chi connectivity index (χ1n) is 7.32. The van der Waals surface area contributed by atoms with Gasteiger partial charge in [-0.3, -0.25) is 4.79 Å². The van der Waals surface area contributed by atoms with Gasteiger partial charge in [-0.05, 0) is 42.9 Å². The highest BCUT2D eigenvalue weighted by molar-refractivity contribution is 5.85. The molecule has 0 aliphatic heterocycles. The molecular formula is C16H25ClN2O2. The van der Waals surface area contributed by atoms with E-state index in [4.69, 9.17) is 10.5 Å². The predicted molar refractivity (Wildman–Crippen MR) is 86.9 cm³/mol. The minimum Gasteiger partial charge on any atom is -0.497 e. The van der Waals surface area contributed by atoms with Gasteiger partial charge in [-0.25, -0.2) is 0 Å². The summed E-state index contributed by atoms with van der Waals surface area (Å²) in [4.78, 5) is 12.0. The maximum atomic E-state index is 12.0. The summed E-state index contributed by atoms with van der Waals surface area (Å²) in [6, 6.07) is 7.94. The third-order valence-electron chi connectivity index (χ3n) is 3.91. The zero-order chi connectivity index (χ0) is 14.4. The number of halogens is 1. The summed E-state index contributed by atoms with van der Waals surface area (Å²) < 4.78 is 5.16. The molecule has 2 atom stereocenters. The molecule has 0 bridgehead atoms. The van der Waals surface area contributed by atoms with Crippen LogP contribution in [0.3, 0.4) is 0 Å². The first-order chi connectivity index (χ1) is 9.67. The Morgan fingerprint density at radius 3 is 2.95 bits per heavy atom. The van der Waals surface area contributed by atoms with Crippen LogP contribution in [0.2, 0.25) is 0 Å². The highest BCUT2D eigenvalue weighted by Gasteiger charge is 2.19. The number of ether oxygens (including phenoxy) is 1. The Morgan fingerprint density at radius 1 is 1.43 bits per heavy atom. The fourth-order valence-electron chi connectivity index (χ4n) is 2.81. The topological polar surface area (TPSA) is 64.3 Å². The van der Waals surface area contributed by atoms with Crippen LogP contribution < -0.4 is 15.8 Å². The molecule has 4 nitrogen and oxygen atoms in total. The molecule has 1 fully saturated rings. The van der Waals surface area contributed by atoms with Crippen molar-refractivity contribution in [1.82, 2.24) is 5.32 Å². The number of benzene rings is 1. The fraction of sp³-hybridized carbons (Fsp3) is 0.562. The van der Waals surface area contributed by atoms with E-state index >= 15 is 0 Å². The molecule has 0 spiro atoms. The van der Waals surface area contributed by atoms with Gasteiger partial charge in [0, 0.05) is 12.6 Å². The second-order valence-corrected chi connectivity index (χ2v) is 5.63. The Bertz CT molecular complexity index is 454. The van der Waals surface area contributed by atoms with Gasteiger partial charge in [0.25, 0.3) is 0 Å². The van der Waals surface area contributed by atoms with Crippen molar-refractivity contribution in [2.24, 2.45) is 11.7 Å². The number of nitrogens with two attached hydrogens (primary N) is 1. The number of amides is 1. The summed E-state index contributed by atoms with van der Waals surface area (Å²) >= 11 is 0. The van der Waals surface area contributed by atoms with Crippen LogP contribution in [0.4, 0.5) is 0 Å². The van der Waals surface area contributed by atoms with Gasteiger partial charge in [-0.15, -0.1) is 12.4 Å². The highest BCUT2D eigenvalue weighted by atomic mass is 35.5. The van der Waals surface area contributed by atoms with Gasteiger partial charge in [0.15, 0.2) is 0 Å². The van der Waals surface area contributed by atoms with Crippen molar-refractivity contribution in [1.29, 1.82) is 0 Å². The SMILES string of the molecule is COc1cccc(CC(=O)NCC2CCCC(N)C2)c1.Cl. The number of rotatable bonds is 5. The van der Waals surface area contributed by atoms with E-state index < -0.39 is 0 Å². The Balaban J connectivity index is 0.00000220. The summed E-state index contributed by atoms with van der Waals surface area (Å²) in [5, 5.41) is 3.02. The quantitative estimate of drug-likeness (QED) is 0.877. The van der Waals surface area contributed by atoms with Crippen LogP contribution in [0.1, 0.15) is 31.2 Å². The van der Waals surface area contributed by atoms with E-state index in [0.29, 0.717) is 18.4 Å². The zero-order valence-corrected chi connectivity index (χ0v) is 13.3. The molecule has 1 aromatic carbocycles. The van der Waals surface area contributed by atoms with Crippen LogP contribution in [0.5, 0.6) is 5.75 Å². The number of methoxy groups -OCH3 is 1. The van der Waals surface area contributed by atoms with E-state index in [1.54, 1.807) is 7.11 Å². The number of carbonyl (C=O) groups is 1. The summed E-state index contributed by atoms with van der Waals surface area (Å²) in [6.07, 6.45) is 4.90. The lowest BCUT2D eigenvalue weighted by atomic mass is 9.86. The predicted octanol–water partition coefficient (Wildman–Crippen LogP) is 2.29. The summed E-state index contributed by atoms with van der Waals surface area (Å²) in [7, 11) is 1.63. The molecule has 21 heavy (non-hydrogen) atoms. The van der Waals surface area contributed by atoms with Crippen LogP contribution in [0.25, 0.3) is 0 Å². The molecule has 1 aliphatic carbocycles. The molecule has 0 heterocycles. The van der Waals surface area contributed by atoms with Gasteiger partial charge in [0.1, 0.15) is 5.75 Å². The third kappa shape index (κ3) is 5.94. The first-order valence-corrected chi connectivity index (χ1v) is 7.32. The zero-order valence-electron chi connectivity index (χ0n) is 12.5. The maximum absolute atomic E-state index is 12.0. The molecule has 2 unspecified atom stereocenters. The van der Waals surface area contributed by atoms with E-state index in [0.717, 1.165) is 30.7 Å². The first kappa shape index (κ1) is 17.8. The van der Waals surface area contributed by atoms with Gasteiger partial charge in [-0.1, -0.05) is 18.6 Å². The standard InChI is InChI=1S/C16H24N2O2.ClH/c1-20-15-7-3-4-12(9-15)10-16(19)18-11-13-5-2-6-14(17)8-13;/h3-4,7,9,13-14H,2,5-6,8,10-11,17H2,1H3,(H,18,19);1H. The Hall–Kier alpha value is -1.26. The maximum Gasteiger partial charge on any atom is 0.224 e. The summed E-state index contributed by atoms with van der Waals surface area (Å²) in [5.41, 5.74) is 6.93. The van der Waals surface area contributed by atoms with Crippen molar-refractivity contribution < 1.29 is 9.53 Å². The lowest BCUT2D eigenvalue weighted by Gasteiger charge is -2.26. The van der Waals surface area contributed by atoms with Gasteiger partial charge in [0.2, 0.25) is 5.91 Å². The normalized spacial score (nSPS) is 21.2. The third-order valence-corrected chi connectivity index (χ3v) is 3.91. The number of nitrogens with one attached hydrogen (secondary N) is 1. The minimum absolute atomic E-state index is 0. The average molecular weight is 313 g/mol. The smallest absolute Gasteiger partial charge is 0.224 e. The molecule has 0 aromatic heterocycles. The molecule has 5 heteroatoms. The molecule has 2 rings (SSSR count). The summed E-state index contributed by atoms with van der Waals surface area (Å²) in [5.74, 6) is 1.39. The second kappa shape index (κ2) is 8.90. The van der Waals surface area contributed by atoms with Gasteiger partial charge >= 0.3 is 0 Å². The highest BCUT2D eigenvalue weighted by Crippen LogP contribution is 2.22. The molecule has 0 saturated heterocycles. The fourth-order valence-corrected chi connectivity index (χ4v) is 2.81. The van der Waals surface area contributed by atoms with E-state index in [-0.39, 0.29) is 18.3 Å². The van der Waals surface area contributed by atoms with Crippen LogP contribution in [-0.4, -0.2) is 25.6 Å². The van der Waals surface area contributed by atoms with Gasteiger partial charge in [0.05, 0.1) is 13.5 Å². The van der Waals surface area contributed by atoms with E-state index in [2.05, 4.69) is 5.32 Å². The van der Waals surface area contributed by atoms with Crippen molar-refractivity contribution >= 4 is 18.3 Å². The van der Waals surface area contributed by atoms with E-state index in [1.165, 1.54) is 12.8 Å². The number of hydrogen-bond acceptors (Lipinski definition) is 3. The molecule has 1 aromatic rings. The van der Waals surface area contributed by atoms with Crippen LogP contribution >= 0.6 is 12.4 Å². The average Bonchev–Trinajstić information content (AvgIpc) is 2.45. The molecule has 0 radical (unpaired) electrons. The Morgan fingerprint density at radius 2 is 2.24 bits per heavy atom. The van der Waals surface area contributed by atoms with Crippen molar-refractivity contribution in [2.45, 2.75) is 38.1 Å². The van der Waals surface area contributed by atoms with Crippen molar-refractivity contribution in [3.8, 4) is 5.75 Å². The van der Waals surface area contributed by atoms with Crippen LogP contribution in [0, 0.1) is 5.92 Å². The van der Waals surface area contributed by atoms with E-state index in [9.17, 15) is 4.79 Å². The lowest BCUT2D eigenvalue weighted by Crippen LogP contribution is -2.36. The van der Waals surface area contributed by atoms with Crippen molar-refractivity contribution in [3.63, 3.8) is 0 Å². The molecule has 1 saturated carbocycles. The molecule has 118 valence electrons. The molecule has 1 amide bonds. The van der Waals surface area contributed by atoms with Gasteiger partial charge in [-0.2, -0.15) is 0 Å². The number of carbonyl (C=O) groups excluding carboxylic acids is 1. The minimum atomic E-state index is 0. The van der Waals surface area contributed by atoms with Crippen molar-refractivity contribution in [3.05, 3.63) is 29.8 Å². The molecular weight excluding hydrogens is 288 g/mol. The van der Waals surface area contributed by atoms with Crippen molar-refractivity contribution in [2.75, 3.05) is 13.7 Å². The number of hydrogen-bond donors (Lipinski definition) is 2. The lowest BCUT2D eigenvalue weighted by molar-refractivity contribution is -0.120. The monoisotopic (exact) mass is 312 g/mol.